The van der Waals surface area contributed by atoms with Crippen molar-refractivity contribution < 1.29 is 22.3 Å². The quantitative estimate of drug-likeness (QED) is 0.880. The van der Waals surface area contributed by atoms with Crippen molar-refractivity contribution >= 4 is 21.6 Å². The minimum absolute atomic E-state index is 0.0136. The summed E-state index contributed by atoms with van der Waals surface area (Å²) in [5.41, 5.74) is 0.651. The van der Waals surface area contributed by atoms with Crippen LogP contribution in [0.15, 0.2) is 53.4 Å². The number of benzene rings is 2. The van der Waals surface area contributed by atoms with E-state index in [1.165, 1.54) is 23.1 Å². The molecule has 1 N–H and O–H groups in total. The molecule has 1 saturated heterocycles. The summed E-state index contributed by atoms with van der Waals surface area (Å²) < 4.78 is 45.9. The predicted molar refractivity (Wildman–Crippen MR) is 90.5 cm³/mol. The summed E-state index contributed by atoms with van der Waals surface area (Å²) in [7, 11) is -2.49. The summed E-state index contributed by atoms with van der Waals surface area (Å²) in [4.78, 5) is 13.3. The first-order chi connectivity index (χ1) is 11.9. The third-order valence-electron chi connectivity index (χ3n) is 3.96. The Labute approximate surface area is 145 Å². The maximum atomic E-state index is 13.7. The number of amides is 1. The van der Waals surface area contributed by atoms with Crippen molar-refractivity contribution in [2.75, 3.05) is 18.6 Å². The Morgan fingerprint density at radius 1 is 1.16 bits per heavy atom. The second-order valence-electron chi connectivity index (χ2n) is 5.66. The Morgan fingerprint density at radius 2 is 1.84 bits per heavy atom. The minimum atomic E-state index is -4.04. The summed E-state index contributed by atoms with van der Waals surface area (Å²) in [6.45, 7) is 0.179. The molecule has 1 heterocycles. The number of halogens is 1. The Bertz CT molecular complexity index is 884. The summed E-state index contributed by atoms with van der Waals surface area (Å²) >= 11 is 0. The number of nitrogens with zero attached hydrogens (tertiary/aromatic N) is 1. The maximum Gasteiger partial charge on any atom is 0.243 e. The number of sulfonamides is 1. The molecule has 2 aromatic rings. The number of carbonyl (C=O) groups is 1. The molecule has 0 aliphatic carbocycles. The van der Waals surface area contributed by atoms with Crippen LogP contribution in [-0.4, -0.2) is 34.0 Å². The van der Waals surface area contributed by atoms with E-state index in [-0.39, 0.29) is 18.9 Å². The third-order valence-corrected chi connectivity index (χ3v) is 5.51. The van der Waals surface area contributed by atoms with Gasteiger partial charge in [0.2, 0.25) is 15.9 Å². The molecule has 132 valence electrons. The molecular formula is C17H17FN2O4S. The van der Waals surface area contributed by atoms with Crippen molar-refractivity contribution in [3.8, 4) is 5.75 Å². The molecule has 0 unspecified atom stereocenters. The molecule has 1 aliphatic rings. The van der Waals surface area contributed by atoms with Gasteiger partial charge in [0.25, 0.3) is 0 Å². The van der Waals surface area contributed by atoms with E-state index < -0.39 is 26.8 Å². The zero-order valence-corrected chi connectivity index (χ0v) is 14.3. The SMILES string of the molecule is COc1ccc(N2C[C@H](NS(=O)(=O)c3ccccc3F)CC2=O)cc1. The monoisotopic (exact) mass is 364 g/mol. The van der Waals surface area contributed by atoms with E-state index in [0.29, 0.717) is 11.4 Å². The molecule has 3 rings (SSSR count). The van der Waals surface area contributed by atoms with Crippen LogP contribution in [0.5, 0.6) is 5.75 Å². The van der Waals surface area contributed by atoms with Gasteiger partial charge in [-0.3, -0.25) is 4.79 Å². The smallest absolute Gasteiger partial charge is 0.243 e. The van der Waals surface area contributed by atoms with E-state index in [1.807, 2.05) is 0 Å². The van der Waals surface area contributed by atoms with E-state index in [1.54, 1.807) is 31.4 Å². The number of anilines is 1. The lowest BCUT2D eigenvalue weighted by Crippen LogP contribution is -2.37. The Hall–Kier alpha value is -2.45. The number of hydrogen-bond acceptors (Lipinski definition) is 4. The topological polar surface area (TPSA) is 75.7 Å². The molecule has 2 aromatic carbocycles. The molecule has 1 amide bonds. The number of hydrogen-bond donors (Lipinski definition) is 1. The molecule has 0 radical (unpaired) electrons. The van der Waals surface area contributed by atoms with Crippen molar-refractivity contribution in [1.29, 1.82) is 0 Å². The molecule has 8 heteroatoms. The number of rotatable bonds is 5. The zero-order chi connectivity index (χ0) is 18.0. The first-order valence-electron chi connectivity index (χ1n) is 7.62. The molecule has 0 bridgehead atoms. The normalized spacial score (nSPS) is 17.8. The number of methoxy groups -OCH3 is 1. The van der Waals surface area contributed by atoms with Crippen LogP contribution in [0.3, 0.4) is 0 Å². The molecule has 0 spiro atoms. The lowest BCUT2D eigenvalue weighted by Gasteiger charge is -2.17. The second-order valence-corrected chi connectivity index (χ2v) is 7.34. The molecule has 1 atom stereocenters. The first kappa shape index (κ1) is 17.4. The Morgan fingerprint density at radius 3 is 2.48 bits per heavy atom. The summed E-state index contributed by atoms with van der Waals surface area (Å²) in [6.07, 6.45) is 0.0136. The molecule has 6 nitrogen and oxygen atoms in total. The van der Waals surface area contributed by atoms with Crippen LogP contribution in [0.1, 0.15) is 6.42 Å². The average molecular weight is 364 g/mol. The standard InChI is InChI=1S/C17H17FN2O4S/c1-24-14-8-6-13(7-9-14)20-11-12(10-17(20)21)19-25(22,23)16-5-3-2-4-15(16)18/h2-9,12,19H,10-11H2,1H3/t12-/m1/s1. The first-order valence-corrected chi connectivity index (χ1v) is 9.10. The van der Waals surface area contributed by atoms with Crippen LogP contribution in [0.25, 0.3) is 0 Å². The number of nitrogens with one attached hydrogen (secondary N) is 1. The summed E-state index contributed by atoms with van der Waals surface area (Å²) in [5.74, 6) is -0.370. The van der Waals surface area contributed by atoms with Crippen molar-refractivity contribution in [1.82, 2.24) is 4.72 Å². The highest BCUT2D eigenvalue weighted by Gasteiger charge is 2.34. The molecule has 1 fully saturated rings. The van der Waals surface area contributed by atoms with Gasteiger partial charge in [-0.15, -0.1) is 0 Å². The van der Waals surface area contributed by atoms with E-state index in [4.69, 9.17) is 4.74 Å². The highest BCUT2D eigenvalue weighted by molar-refractivity contribution is 7.89. The lowest BCUT2D eigenvalue weighted by atomic mass is 10.3. The summed E-state index contributed by atoms with van der Waals surface area (Å²) in [6, 6.07) is 11.4. The van der Waals surface area contributed by atoms with Gasteiger partial charge in [-0.1, -0.05) is 12.1 Å². The highest BCUT2D eigenvalue weighted by Crippen LogP contribution is 2.25. The largest absolute Gasteiger partial charge is 0.497 e. The molecular weight excluding hydrogens is 347 g/mol. The van der Waals surface area contributed by atoms with Gasteiger partial charge in [0.15, 0.2) is 0 Å². The maximum absolute atomic E-state index is 13.7. The fourth-order valence-corrected chi connectivity index (χ4v) is 4.05. The van der Waals surface area contributed by atoms with E-state index in [0.717, 1.165) is 6.07 Å². The van der Waals surface area contributed by atoms with Gasteiger partial charge in [-0.25, -0.2) is 17.5 Å². The van der Waals surface area contributed by atoms with E-state index >= 15 is 0 Å². The van der Waals surface area contributed by atoms with Gasteiger partial charge in [-0.2, -0.15) is 0 Å². The number of ether oxygens (including phenoxy) is 1. The highest BCUT2D eigenvalue weighted by atomic mass is 32.2. The third kappa shape index (κ3) is 3.64. The Balaban J connectivity index is 1.75. The average Bonchev–Trinajstić information content (AvgIpc) is 2.94. The van der Waals surface area contributed by atoms with Crippen molar-refractivity contribution in [2.45, 2.75) is 17.4 Å². The van der Waals surface area contributed by atoms with Gasteiger partial charge in [0.05, 0.1) is 7.11 Å². The molecule has 1 aliphatic heterocycles. The van der Waals surface area contributed by atoms with Crippen LogP contribution >= 0.6 is 0 Å². The van der Waals surface area contributed by atoms with Gasteiger partial charge in [-0.05, 0) is 36.4 Å². The van der Waals surface area contributed by atoms with Crippen LogP contribution < -0.4 is 14.4 Å². The van der Waals surface area contributed by atoms with E-state index in [2.05, 4.69) is 4.72 Å². The fraction of sp³-hybridized carbons (Fsp3) is 0.235. The van der Waals surface area contributed by atoms with Crippen molar-refractivity contribution in [3.63, 3.8) is 0 Å². The van der Waals surface area contributed by atoms with Crippen LogP contribution in [0.4, 0.5) is 10.1 Å². The van der Waals surface area contributed by atoms with Gasteiger partial charge in [0, 0.05) is 24.7 Å². The molecule has 25 heavy (non-hydrogen) atoms. The lowest BCUT2D eigenvalue weighted by molar-refractivity contribution is -0.117. The number of carbonyl (C=O) groups excluding carboxylic acids is 1. The zero-order valence-electron chi connectivity index (χ0n) is 13.5. The van der Waals surface area contributed by atoms with Crippen LogP contribution in [0.2, 0.25) is 0 Å². The van der Waals surface area contributed by atoms with Crippen LogP contribution in [0, 0.1) is 5.82 Å². The van der Waals surface area contributed by atoms with Crippen molar-refractivity contribution in [3.05, 3.63) is 54.3 Å². The molecule has 0 aromatic heterocycles. The van der Waals surface area contributed by atoms with E-state index in [9.17, 15) is 17.6 Å². The van der Waals surface area contributed by atoms with Gasteiger partial charge >= 0.3 is 0 Å². The van der Waals surface area contributed by atoms with Gasteiger partial charge in [0.1, 0.15) is 16.5 Å². The fourth-order valence-electron chi connectivity index (χ4n) is 2.74. The predicted octanol–water partition coefficient (Wildman–Crippen LogP) is 1.92. The van der Waals surface area contributed by atoms with Gasteiger partial charge < -0.3 is 9.64 Å². The second kappa shape index (κ2) is 6.81. The van der Waals surface area contributed by atoms with Crippen LogP contribution in [-0.2, 0) is 14.8 Å². The van der Waals surface area contributed by atoms with Crippen molar-refractivity contribution in [2.24, 2.45) is 0 Å². The Kier molecular flexibility index (Phi) is 4.73. The molecule has 0 saturated carbocycles. The summed E-state index contributed by atoms with van der Waals surface area (Å²) in [5, 5.41) is 0. The minimum Gasteiger partial charge on any atom is -0.497 e.